The highest BCUT2D eigenvalue weighted by molar-refractivity contribution is 9.08. The van der Waals surface area contributed by atoms with Crippen LogP contribution in [0.15, 0.2) is 48.8 Å². The van der Waals surface area contributed by atoms with Gasteiger partial charge in [-0.05, 0) is 84.7 Å². The van der Waals surface area contributed by atoms with E-state index in [1.54, 1.807) is 18.3 Å². The molecule has 4 nitrogen and oxygen atoms in total. The van der Waals surface area contributed by atoms with Crippen molar-refractivity contribution in [2.75, 3.05) is 6.54 Å². The minimum atomic E-state index is -4.59. The van der Waals surface area contributed by atoms with E-state index in [9.17, 15) is 18.0 Å². The molecule has 5 rings (SSSR count). The van der Waals surface area contributed by atoms with E-state index in [-0.39, 0.29) is 17.5 Å². The van der Waals surface area contributed by atoms with Gasteiger partial charge in [0.2, 0.25) is 0 Å². The van der Waals surface area contributed by atoms with Crippen LogP contribution in [0.5, 0.6) is 0 Å². The van der Waals surface area contributed by atoms with Crippen LogP contribution >= 0.6 is 15.9 Å². The van der Waals surface area contributed by atoms with Crippen LogP contribution in [0.4, 0.5) is 13.2 Å². The Balaban J connectivity index is 1.61. The summed E-state index contributed by atoms with van der Waals surface area (Å²) in [6.07, 6.45) is 0.870. The van der Waals surface area contributed by atoms with Crippen molar-refractivity contribution in [2.24, 2.45) is 5.92 Å². The van der Waals surface area contributed by atoms with E-state index in [4.69, 9.17) is 0 Å². The summed E-state index contributed by atoms with van der Waals surface area (Å²) < 4.78 is 41.3. The second-order valence-corrected chi connectivity index (χ2v) is 9.55. The fourth-order valence-corrected chi connectivity index (χ4v) is 5.22. The molecule has 2 aliphatic rings. The maximum absolute atomic E-state index is 13.8. The van der Waals surface area contributed by atoms with Gasteiger partial charge in [-0.1, -0.05) is 22.0 Å². The Hall–Kier alpha value is -2.74. The van der Waals surface area contributed by atoms with Crippen LogP contribution in [0.3, 0.4) is 0 Å². The van der Waals surface area contributed by atoms with E-state index in [2.05, 4.69) is 25.9 Å². The van der Waals surface area contributed by atoms with Gasteiger partial charge in [0, 0.05) is 35.4 Å². The van der Waals surface area contributed by atoms with Gasteiger partial charge >= 0.3 is 6.18 Å². The van der Waals surface area contributed by atoms with Crippen LogP contribution < -0.4 is 0 Å². The van der Waals surface area contributed by atoms with Crippen LogP contribution in [0, 0.1) is 12.8 Å². The van der Waals surface area contributed by atoms with Crippen LogP contribution in [-0.4, -0.2) is 27.3 Å². The van der Waals surface area contributed by atoms with Gasteiger partial charge in [0.25, 0.3) is 5.91 Å². The van der Waals surface area contributed by atoms with Crippen LogP contribution in [0.25, 0.3) is 11.1 Å². The molecule has 0 radical (unpaired) electrons. The van der Waals surface area contributed by atoms with E-state index in [1.807, 2.05) is 24.0 Å². The average Bonchev–Trinajstić information content (AvgIpc) is 3.65. The number of pyridine rings is 2. The lowest BCUT2D eigenvalue weighted by Gasteiger charge is -2.36. The van der Waals surface area contributed by atoms with E-state index >= 15 is 0 Å². The third kappa shape index (κ3) is 4.24. The summed E-state index contributed by atoms with van der Waals surface area (Å²) >= 11 is 3.42. The summed E-state index contributed by atoms with van der Waals surface area (Å²) in [7, 11) is 0. The molecule has 0 saturated heterocycles. The molecule has 3 heterocycles. The summed E-state index contributed by atoms with van der Waals surface area (Å²) in [5.74, 6) is 0.205. The number of rotatable bonds is 5. The number of benzene rings is 1. The highest BCUT2D eigenvalue weighted by Crippen LogP contribution is 2.46. The van der Waals surface area contributed by atoms with E-state index in [1.165, 1.54) is 12.1 Å². The molecule has 2 aromatic heterocycles. The molecule has 0 spiro atoms. The Morgan fingerprint density at radius 3 is 2.53 bits per heavy atom. The number of halogens is 4. The lowest BCUT2D eigenvalue weighted by atomic mass is 9.86. The molecule has 1 aliphatic heterocycles. The number of hydrogen-bond donors (Lipinski definition) is 0. The predicted octanol–water partition coefficient (Wildman–Crippen LogP) is 6.52. The van der Waals surface area contributed by atoms with Crippen molar-refractivity contribution in [3.63, 3.8) is 0 Å². The highest BCUT2D eigenvalue weighted by Gasteiger charge is 2.42. The summed E-state index contributed by atoms with van der Waals surface area (Å²) in [4.78, 5) is 23.9. The molecule has 1 fully saturated rings. The topological polar surface area (TPSA) is 46.1 Å². The minimum Gasteiger partial charge on any atom is -0.329 e. The smallest absolute Gasteiger partial charge is 0.329 e. The number of carbonyl (C=O) groups excluding carboxylic acids is 1. The van der Waals surface area contributed by atoms with Crippen molar-refractivity contribution in [2.45, 2.75) is 43.7 Å². The normalized spacial score (nSPS) is 17.0. The molecule has 0 N–H and O–H groups in total. The van der Waals surface area contributed by atoms with Gasteiger partial charge in [-0.3, -0.25) is 14.8 Å². The first-order valence-electron chi connectivity index (χ1n) is 11.3. The molecule has 3 aromatic rings. The third-order valence-electron chi connectivity index (χ3n) is 6.57. The van der Waals surface area contributed by atoms with Gasteiger partial charge in [-0.2, -0.15) is 13.2 Å². The van der Waals surface area contributed by atoms with Crippen LogP contribution in [0.1, 0.15) is 57.3 Å². The third-order valence-corrected chi connectivity index (χ3v) is 7.22. The maximum atomic E-state index is 13.8. The van der Waals surface area contributed by atoms with Crippen molar-refractivity contribution < 1.29 is 18.0 Å². The van der Waals surface area contributed by atoms with Gasteiger partial charge in [0.15, 0.2) is 5.69 Å². The second-order valence-electron chi connectivity index (χ2n) is 8.99. The van der Waals surface area contributed by atoms with Gasteiger partial charge in [0.05, 0.1) is 11.7 Å². The standard InChI is InChI=1S/C26H23BrF3N3O/c1-15-6-9-31-22(11-15)23(17-4-5-17)33-10-7-18-20(12-16(14-27)13-21(18)25(33)34)19-3-2-8-32-24(19)26(28,29)30/h2-3,6,8-9,11-13,17,23H,4-5,7,10,14H2,1H3/t23-/m0/s1. The number of fused-ring (bicyclic) bond motifs is 1. The molecule has 0 unspecified atom stereocenters. The van der Waals surface area contributed by atoms with Gasteiger partial charge in [-0.15, -0.1) is 0 Å². The largest absolute Gasteiger partial charge is 0.433 e. The Bertz CT molecular complexity index is 1260. The fraction of sp³-hybridized carbons (Fsp3) is 0.346. The zero-order valence-corrected chi connectivity index (χ0v) is 20.2. The first-order chi connectivity index (χ1) is 16.3. The Labute approximate surface area is 204 Å². The van der Waals surface area contributed by atoms with Crippen molar-refractivity contribution in [3.05, 3.63) is 82.4 Å². The zero-order valence-electron chi connectivity index (χ0n) is 18.6. The number of aryl methyl sites for hydroxylation is 1. The molecule has 176 valence electrons. The van der Waals surface area contributed by atoms with E-state index < -0.39 is 11.9 Å². The molecular formula is C26H23BrF3N3O. The molecule has 34 heavy (non-hydrogen) atoms. The lowest BCUT2D eigenvalue weighted by Crippen LogP contribution is -2.41. The molecule has 0 bridgehead atoms. The van der Waals surface area contributed by atoms with Gasteiger partial charge in [0.1, 0.15) is 0 Å². The minimum absolute atomic E-state index is 0.00870. The van der Waals surface area contributed by atoms with E-state index in [0.717, 1.165) is 35.9 Å². The van der Waals surface area contributed by atoms with Gasteiger partial charge < -0.3 is 4.90 Å². The predicted molar refractivity (Wildman–Crippen MR) is 126 cm³/mol. The summed E-state index contributed by atoms with van der Waals surface area (Å²) in [6.45, 7) is 2.44. The summed E-state index contributed by atoms with van der Waals surface area (Å²) in [5.41, 5.74) is 3.33. The summed E-state index contributed by atoms with van der Waals surface area (Å²) in [5, 5.41) is 0.424. The Kier molecular flexibility index (Phi) is 5.96. The van der Waals surface area contributed by atoms with Gasteiger partial charge in [-0.25, -0.2) is 0 Å². The highest BCUT2D eigenvalue weighted by atomic mass is 79.9. The number of aromatic nitrogens is 2. The molecular weight excluding hydrogens is 507 g/mol. The van der Waals surface area contributed by atoms with Crippen LogP contribution in [-0.2, 0) is 17.9 Å². The molecule has 8 heteroatoms. The van der Waals surface area contributed by atoms with Crippen molar-refractivity contribution >= 4 is 21.8 Å². The SMILES string of the molecule is Cc1ccnc([C@H](C2CC2)N2CCc3c(cc(CBr)cc3-c3cccnc3C(F)(F)F)C2=O)c1. The number of carbonyl (C=O) groups is 1. The molecule has 1 aromatic carbocycles. The van der Waals surface area contributed by atoms with Crippen molar-refractivity contribution in [1.82, 2.24) is 14.9 Å². The average molecular weight is 530 g/mol. The first kappa shape index (κ1) is 23.0. The monoisotopic (exact) mass is 529 g/mol. The molecule has 1 amide bonds. The molecule has 1 saturated carbocycles. The lowest BCUT2D eigenvalue weighted by molar-refractivity contribution is -0.140. The summed E-state index contributed by atoms with van der Waals surface area (Å²) in [6, 6.07) is 10.3. The fourth-order valence-electron chi connectivity index (χ4n) is 4.90. The first-order valence-corrected chi connectivity index (χ1v) is 12.4. The maximum Gasteiger partial charge on any atom is 0.433 e. The number of alkyl halides is 4. The molecule has 1 atom stereocenters. The Morgan fingerprint density at radius 2 is 1.85 bits per heavy atom. The van der Waals surface area contributed by atoms with Crippen LogP contribution in [0.2, 0.25) is 0 Å². The number of amides is 1. The Morgan fingerprint density at radius 1 is 1.09 bits per heavy atom. The quantitative estimate of drug-likeness (QED) is 0.353. The number of hydrogen-bond acceptors (Lipinski definition) is 3. The van der Waals surface area contributed by atoms with Crippen molar-refractivity contribution in [3.8, 4) is 11.1 Å². The second kappa shape index (κ2) is 8.80. The van der Waals surface area contributed by atoms with E-state index in [0.29, 0.717) is 40.9 Å². The number of nitrogens with zero attached hydrogens (tertiary/aromatic N) is 3. The van der Waals surface area contributed by atoms with Crippen molar-refractivity contribution in [1.29, 1.82) is 0 Å². The molecule has 1 aliphatic carbocycles. The zero-order chi connectivity index (χ0) is 24.0.